The topological polar surface area (TPSA) is 37.8 Å². The molecule has 2 aromatic rings. The third-order valence-electron chi connectivity index (χ3n) is 2.43. The highest BCUT2D eigenvalue weighted by molar-refractivity contribution is 6.30. The fourth-order valence-corrected chi connectivity index (χ4v) is 1.79. The number of nitrogens with zero attached hydrogens (tertiary/aromatic N) is 2. The smallest absolute Gasteiger partial charge is 0.160 e. The molecular formula is C12H10ClF2N3. The summed E-state index contributed by atoms with van der Waals surface area (Å²) in [7, 11) is 0. The number of anilines is 2. The van der Waals surface area contributed by atoms with E-state index in [-0.39, 0.29) is 0 Å². The zero-order valence-electron chi connectivity index (χ0n) is 9.54. The summed E-state index contributed by atoms with van der Waals surface area (Å²) >= 11 is 5.93. The second-order valence-corrected chi connectivity index (χ2v) is 3.96. The first-order valence-electron chi connectivity index (χ1n) is 5.33. The Kier molecular flexibility index (Phi) is 3.72. The molecule has 0 spiro atoms. The van der Waals surface area contributed by atoms with Crippen LogP contribution in [-0.2, 0) is 6.42 Å². The zero-order valence-corrected chi connectivity index (χ0v) is 10.3. The van der Waals surface area contributed by atoms with Crippen LogP contribution in [0.15, 0.2) is 24.5 Å². The highest BCUT2D eigenvalue weighted by atomic mass is 35.5. The Morgan fingerprint density at radius 1 is 1.22 bits per heavy atom. The van der Waals surface area contributed by atoms with Crippen molar-refractivity contribution in [2.75, 3.05) is 5.32 Å². The van der Waals surface area contributed by atoms with Crippen LogP contribution in [-0.4, -0.2) is 9.97 Å². The number of benzene rings is 1. The van der Waals surface area contributed by atoms with Gasteiger partial charge in [0.25, 0.3) is 0 Å². The lowest BCUT2D eigenvalue weighted by Crippen LogP contribution is -2.01. The van der Waals surface area contributed by atoms with E-state index in [1.54, 1.807) is 0 Å². The van der Waals surface area contributed by atoms with Crippen LogP contribution in [0.4, 0.5) is 20.3 Å². The predicted octanol–water partition coefficient (Wildman–Crippen LogP) is 3.71. The monoisotopic (exact) mass is 269 g/mol. The van der Waals surface area contributed by atoms with E-state index in [1.807, 2.05) is 6.92 Å². The van der Waals surface area contributed by atoms with Gasteiger partial charge in [-0.25, -0.2) is 18.7 Å². The highest BCUT2D eigenvalue weighted by Gasteiger charge is 2.09. The second-order valence-electron chi connectivity index (χ2n) is 3.60. The van der Waals surface area contributed by atoms with Crippen molar-refractivity contribution in [2.45, 2.75) is 13.3 Å². The zero-order chi connectivity index (χ0) is 13.1. The first kappa shape index (κ1) is 12.7. The number of halogens is 3. The van der Waals surface area contributed by atoms with Crippen molar-refractivity contribution >= 4 is 23.1 Å². The summed E-state index contributed by atoms with van der Waals surface area (Å²) in [4.78, 5) is 7.90. The minimum atomic E-state index is -0.918. The maximum absolute atomic E-state index is 13.1. The molecule has 94 valence electrons. The van der Waals surface area contributed by atoms with Gasteiger partial charge in [0.1, 0.15) is 17.3 Å². The molecular weight excluding hydrogens is 260 g/mol. The molecule has 18 heavy (non-hydrogen) atoms. The number of nitrogens with one attached hydrogen (secondary N) is 1. The van der Waals surface area contributed by atoms with Crippen molar-refractivity contribution in [2.24, 2.45) is 0 Å². The molecule has 0 bridgehead atoms. The van der Waals surface area contributed by atoms with Crippen LogP contribution in [0.5, 0.6) is 0 Å². The lowest BCUT2D eigenvalue weighted by Gasteiger charge is -2.10. The molecule has 0 aliphatic rings. The Bertz CT molecular complexity index is 575. The molecule has 0 radical (unpaired) electrons. The van der Waals surface area contributed by atoms with Gasteiger partial charge in [-0.15, -0.1) is 0 Å². The fourth-order valence-electron chi connectivity index (χ4n) is 1.52. The van der Waals surface area contributed by atoms with Crippen LogP contribution < -0.4 is 5.32 Å². The maximum atomic E-state index is 13.1. The van der Waals surface area contributed by atoms with E-state index in [2.05, 4.69) is 15.3 Å². The molecule has 2 rings (SSSR count). The van der Waals surface area contributed by atoms with Crippen LogP contribution in [0.1, 0.15) is 12.5 Å². The summed E-state index contributed by atoms with van der Waals surface area (Å²) in [5.41, 5.74) is 1.13. The lowest BCUT2D eigenvalue weighted by atomic mass is 10.2. The largest absolute Gasteiger partial charge is 0.340 e. The van der Waals surface area contributed by atoms with Crippen LogP contribution in [0, 0.1) is 11.6 Å². The summed E-state index contributed by atoms with van der Waals surface area (Å²) in [6, 6.07) is 3.53. The molecule has 0 unspecified atom stereocenters. The number of aromatic nitrogens is 2. The van der Waals surface area contributed by atoms with Crippen molar-refractivity contribution in [3.8, 4) is 0 Å². The van der Waals surface area contributed by atoms with Gasteiger partial charge in [-0.1, -0.05) is 18.5 Å². The van der Waals surface area contributed by atoms with Crippen molar-refractivity contribution < 1.29 is 8.78 Å². The summed E-state index contributed by atoms with van der Waals surface area (Å²) in [6.45, 7) is 1.90. The predicted molar refractivity (Wildman–Crippen MR) is 66.1 cm³/mol. The van der Waals surface area contributed by atoms with Gasteiger partial charge in [-0.3, -0.25) is 0 Å². The van der Waals surface area contributed by atoms with E-state index < -0.39 is 11.6 Å². The molecule has 0 aliphatic carbocycles. The summed E-state index contributed by atoms with van der Waals surface area (Å²) in [5.74, 6) is -1.32. The summed E-state index contributed by atoms with van der Waals surface area (Å²) in [5, 5.41) is 3.24. The standard InChI is InChI=1S/C12H10ClF2N3/c1-2-8-11(13)16-6-17-12(8)18-7-3-4-9(14)10(15)5-7/h3-6H,2H2,1H3,(H,16,17,18). The lowest BCUT2D eigenvalue weighted by molar-refractivity contribution is 0.509. The van der Waals surface area contributed by atoms with Gasteiger partial charge < -0.3 is 5.32 Å². The normalized spacial score (nSPS) is 10.4. The van der Waals surface area contributed by atoms with Gasteiger partial charge in [0.2, 0.25) is 0 Å². The minimum Gasteiger partial charge on any atom is -0.340 e. The van der Waals surface area contributed by atoms with Crippen molar-refractivity contribution in [1.82, 2.24) is 9.97 Å². The van der Waals surface area contributed by atoms with Crippen LogP contribution >= 0.6 is 11.6 Å². The molecule has 0 aliphatic heterocycles. The van der Waals surface area contributed by atoms with Crippen molar-refractivity contribution in [3.63, 3.8) is 0 Å². The van der Waals surface area contributed by atoms with Crippen molar-refractivity contribution in [1.29, 1.82) is 0 Å². The Morgan fingerprint density at radius 2 is 2.00 bits per heavy atom. The Balaban J connectivity index is 2.34. The van der Waals surface area contributed by atoms with Gasteiger partial charge in [0.05, 0.1) is 0 Å². The number of hydrogen-bond donors (Lipinski definition) is 1. The van der Waals surface area contributed by atoms with E-state index in [1.165, 1.54) is 12.4 Å². The van der Waals surface area contributed by atoms with Crippen LogP contribution in [0.2, 0.25) is 5.15 Å². The Morgan fingerprint density at radius 3 is 2.67 bits per heavy atom. The average molecular weight is 270 g/mol. The summed E-state index contributed by atoms with van der Waals surface area (Å²) < 4.78 is 25.9. The molecule has 0 atom stereocenters. The molecule has 0 fully saturated rings. The van der Waals surface area contributed by atoms with E-state index in [4.69, 9.17) is 11.6 Å². The van der Waals surface area contributed by atoms with Gasteiger partial charge >= 0.3 is 0 Å². The molecule has 0 saturated heterocycles. The molecule has 0 amide bonds. The van der Waals surface area contributed by atoms with E-state index in [0.29, 0.717) is 23.1 Å². The molecule has 1 N–H and O–H groups in total. The summed E-state index contributed by atoms with van der Waals surface area (Å²) in [6.07, 6.45) is 1.94. The first-order chi connectivity index (χ1) is 8.61. The van der Waals surface area contributed by atoms with E-state index in [9.17, 15) is 8.78 Å². The van der Waals surface area contributed by atoms with Crippen LogP contribution in [0.25, 0.3) is 0 Å². The molecule has 1 aromatic heterocycles. The Hall–Kier alpha value is -1.75. The quantitative estimate of drug-likeness (QED) is 0.863. The van der Waals surface area contributed by atoms with Gasteiger partial charge in [-0.05, 0) is 18.6 Å². The molecule has 3 nitrogen and oxygen atoms in total. The molecule has 0 saturated carbocycles. The van der Waals surface area contributed by atoms with Crippen molar-refractivity contribution in [3.05, 3.63) is 46.9 Å². The Labute approximate surface area is 108 Å². The number of rotatable bonds is 3. The maximum Gasteiger partial charge on any atom is 0.160 e. The molecule has 6 heteroatoms. The van der Waals surface area contributed by atoms with Gasteiger partial charge in [0, 0.05) is 17.3 Å². The minimum absolute atomic E-state index is 0.345. The van der Waals surface area contributed by atoms with E-state index in [0.717, 1.165) is 17.7 Å². The SMILES string of the molecule is CCc1c(Cl)ncnc1Nc1ccc(F)c(F)c1. The molecule has 1 aromatic carbocycles. The van der Waals surface area contributed by atoms with Gasteiger partial charge in [-0.2, -0.15) is 0 Å². The highest BCUT2D eigenvalue weighted by Crippen LogP contribution is 2.24. The average Bonchev–Trinajstić information content (AvgIpc) is 2.34. The first-order valence-corrected chi connectivity index (χ1v) is 5.71. The van der Waals surface area contributed by atoms with Crippen LogP contribution in [0.3, 0.4) is 0 Å². The van der Waals surface area contributed by atoms with E-state index >= 15 is 0 Å². The number of hydrogen-bond acceptors (Lipinski definition) is 3. The fraction of sp³-hybridized carbons (Fsp3) is 0.167. The third kappa shape index (κ3) is 2.56. The third-order valence-corrected chi connectivity index (χ3v) is 2.75. The van der Waals surface area contributed by atoms with Gasteiger partial charge in [0.15, 0.2) is 11.6 Å². The molecule has 1 heterocycles. The second kappa shape index (κ2) is 5.27.